The number of methoxy groups -OCH3 is 1. The molecule has 1 aromatic rings. The molecule has 3 heteroatoms. The van der Waals surface area contributed by atoms with Crippen LogP contribution in [-0.2, 0) is 5.41 Å². The first-order valence-corrected chi connectivity index (χ1v) is 4.77. The van der Waals surface area contributed by atoms with Gasteiger partial charge in [-0.05, 0) is 11.5 Å². The van der Waals surface area contributed by atoms with Crippen molar-refractivity contribution in [3.8, 4) is 11.5 Å². The largest absolute Gasteiger partial charge is 0.507 e. The highest BCUT2D eigenvalue weighted by Crippen LogP contribution is 2.35. The summed E-state index contributed by atoms with van der Waals surface area (Å²) < 4.78 is 5.18. The normalized spacial score (nSPS) is 11.2. The molecule has 0 heterocycles. The topological polar surface area (TPSA) is 46.5 Å². The summed E-state index contributed by atoms with van der Waals surface area (Å²) in [6.07, 6.45) is 0.643. The van der Waals surface area contributed by atoms with Gasteiger partial charge < -0.3 is 9.84 Å². The zero-order chi connectivity index (χ0) is 11.6. The Morgan fingerprint density at radius 3 is 2.33 bits per heavy atom. The summed E-state index contributed by atoms with van der Waals surface area (Å²) >= 11 is 0. The minimum Gasteiger partial charge on any atom is -0.507 e. The maximum atomic E-state index is 10.7. The summed E-state index contributed by atoms with van der Waals surface area (Å²) in [6, 6.07) is 3.14. The molecule has 0 saturated heterocycles. The maximum absolute atomic E-state index is 10.7. The monoisotopic (exact) mass is 208 g/mol. The number of hydrogen-bond acceptors (Lipinski definition) is 3. The first-order valence-electron chi connectivity index (χ1n) is 4.77. The third kappa shape index (κ3) is 2.29. The summed E-state index contributed by atoms with van der Waals surface area (Å²) in [5.74, 6) is 0.556. The molecule has 3 nitrogen and oxygen atoms in total. The van der Waals surface area contributed by atoms with Gasteiger partial charge in [-0.25, -0.2) is 0 Å². The molecule has 1 rings (SSSR count). The second-order valence-electron chi connectivity index (χ2n) is 4.48. The van der Waals surface area contributed by atoms with Crippen LogP contribution in [0, 0.1) is 0 Å². The highest BCUT2D eigenvalue weighted by Gasteiger charge is 2.20. The zero-order valence-corrected chi connectivity index (χ0v) is 9.50. The number of aldehydes is 1. The molecule has 0 atom stereocenters. The Morgan fingerprint density at radius 2 is 1.93 bits per heavy atom. The van der Waals surface area contributed by atoms with Crippen LogP contribution in [0.25, 0.3) is 0 Å². The quantitative estimate of drug-likeness (QED) is 0.759. The smallest absolute Gasteiger partial charge is 0.153 e. The Balaban J connectivity index is 3.42. The molecule has 0 unspecified atom stereocenters. The number of aromatic hydroxyl groups is 1. The van der Waals surface area contributed by atoms with E-state index in [0.29, 0.717) is 17.6 Å². The second-order valence-corrected chi connectivity index (χ2v) is 4.48. The Hall–Kier alpha value is -1.51. The average Bonchev–Trinajstić information content (AvgIpc) is 2.15. The third-order valence-electron chi connectivity index (χ3n) is 2.28. The van der Waals surface area contributed by atoms with Crippen LogP contribution in [0.15, 0.2) is 12.1 Å². The highest BCUT2D eigenvalue weighted by molar-refractivity contribution is 5.80. The van der Waals surface area contributed by atoms with Gasteiger partial charge in [0.1, 0.15) is 11.5 Å². The molecular formula is C12H16O3. The molecule has 0 spiro atoms. The number of phenolic OH excluding ortho intramolecular Hbond substituents is 1. The third-order valence-corrected chi connectivity index (χ3v) is 2.28. The lowest BCUT2D eigenvalue weighted by atomic mass is 9.85. The molecule has 0 aliphatic heterocycles. The number of carbonyl (C=O) groups excluding carboxylic acids is 1. The van der Waals surface area contributed by atoms with Gasteiger partial charge >= 0.3 is 0 Å². The van der Waals surface area contributed by atoms with Gasteiger partial charge in [-0.15, -0.1) is 0 Å². The van der Waals surface area contributed by atoms with Crippen LogP contribution in [0.5, 0.6) is 11.5 Å². The number of hydrogen-bond donors (Lipinski definition) is 1. The molecule has 15 heavy (non-hydrogen) atoms. The molecule has 0 fully saturated rings. The lowest BCUT2D eigenvalue weighted by Gasteiger charge is -2.22. The van der Waals surface area contributed by atoms with E-state index >= 15 is 0 Å². The molecule has 82 valence electrons. The van der Waals surface area contributed by atoms with Gasteiger partial charge in [0.15, 0.2) is 6.29 Å². The minimum atomic E-state index is -0.128. The number of benzene rings is 1. The number of ether oxygens (including phenoxy) is 1. The van der Waals surface area contributed by atoms with E-state index in [1.165, 1.54) is 6.07 Å². The van der Waals surface area contributed by atoms with Crippen molar-refractivity contribution in [2.45, 2.75) is 26.2 Å². The summed E-state index contributed by atoms with van der Waals surface area (Å²) in [7, 11) is 1.55. The van der Waals surface area contributed by atoms with E-state index in [1.54, 1.807) is 13.2 Å². The lowest BCUT2D eigenvalue weighted by molar-refractivity contribution is 0.112. The molecule has 0 amide bonds. The molecule has 0 radical (unpaired) electrons. The second kappa shape index (κ2) is 3.93. The average molecular weight is 208 g/mol. The number of phenols is 1. The predicted molar refractivity (Wildman–Crippen MR) is 58.7 cm³/mol. The Morgan fingerprint density at radius 1 is 1.33 bits per heavy atom. The number of carbonyl (C=O) groups is 1. The fourth-order valence-corrected chi connectivity index (χ4v) is 1.44. The van der Waals surface area contributed by atoms with Crippen molar-refractivity contribution in [1.29, 1.82) is 0 Å². The van der Waals surface area contributed by atoms with Crippen LogP contribution in [0.3, 0.4) is 0 Å². The first-order chi connectivity index (χ1) is 6.90. The molecule has 0 saturated carbocycles. The van der Waals surface area contributed by atoms with Crippen molar-refractivity contribution < 1.29 is 14.6 Å². The van der Waals surface area contributed by atoms with Crippen molar-refractivity contribution in [1.82, 2.24) is 0 Å². The van der Waals surface area contributed by atoms with Crippen LogP contribution in [-0.4, -0.2) is 18.5 Å². The SMILES string of the molecule is COc1cc(O)c(C=O)cc1C(C)(C)C. The Kier molecular flexibility index (Phi) is 3.03. The predicted octanol–water partition coefficient (Wildman–Crippen LogP) is 2.51. The van der Waals surface area contributed by atoms with E-state index < -0.39 is 0 Å². The molecule has 0 aliphatic carbocycles. The molecular weight excluding hydrogens is 192 g/mol. The van der Waals surface area contributed by atoms with Crippen molar-refractivity contribution in [2.75, 3.05) is 7.11 Å². The van der Waals surface area contributed by atoms with E-state index in [-0.39, 0.29) is 11.2 Å². The summed E-state index contributed by atoms with van der Waals surface area (Å²) in [5.41, 5.74) is 1.07. The fraction of sp³-hybridized carbons (Fsp3) is 0.417. The van der Waals surface area contributed by atoms with Crippen molar-refractivity contribution in [3.63, 3.8) is 0 Å². The van der Waals surface area contributed by atoms with Gasteiger partial charge in [-0.3, -0.25) is 4.79 Å². The van der Waals surface area contributed by atoms with Crippen LogP contribution in [0.1, 0.15) is 36.7 Å². The first kappa shape index (κ1) is 11.6. The van der Waals surface area contributed by atoms with Crippen molar-refractivity contribution in [2.24, 2.45) is 0 Å². The van der Waals surface area contributed by atoms with Gasteiger partial charge in [-0.2, -0.15) is 0 Å². The van der Waals surface area contributed by atoms with Crippen molar-refractivity contribution in [3.05, 3.63) is 23.3 Å². The van der Waals surface area contributed by atoms with Gasteiger partial charge in [0.2, 0.25) is 0 Å². The zero-order valence-electron chi connectivity index (χ0n) is 9.50. The molecule has 0 aliphatic rings. The van der Waals surface area contributed by atoms with Gasteiger partial charge in [0.25, 0.3) is 0 Å². The van der Waals surface area contributed by atoms with E-state index in [9.17, 15) is 9.90 Å². The Labute approximate surface area is 89.7 Å². The van der Waals surface area contributed by atoms with E-state index in [4.69, 9.17) is 4.74 Å². The molecule has 0 aromatic heterocycles. The molecule has 0 bridgehead atoms. The van der Waals surface area contributed by atoms with E-state index in [1.807, 2.05) is 20.8 Å². The van der Waals surface area contributed by atoms with Crippen LogP contribution in [0.4, 0.5) is 0 Å². The molecule has 1 N–H and O–H groups in total. The van der Waals surface area contributed by atoms with Gasteiger partial charge in [0.05, 0.1) is 12.7 Å². The summed E-state index contributed by atoms with van der Waals surface area (Å²) in [5, 5.41) is 9.50. The van der Waals surface area contributed by atoms with Gasteiger partial charge in [0, 0.05) is 11.6 Å². The fourth-order valence-electron chi connectivity index (χ4n) is 1.44. The lowest BCUT2D eigenvalue weighted by Crippen LogP contribution is -2.13. The van der Waals surface area contributed by atoms with Crippen LogP contribution < -0.4 is 4.74 Å². The van der Waals surface area contributed by atoms with Crippen LogP contribution >= 0.6 is 0 Å². The Bertz CT molecular complexity index is 375. The van der Waals surface area contributed by atoms with E-state index in [2.05, 4.69) is 0 Å². The van der Waals surface area contributed by atoms with E-state index in [0.717, 1.165) is 5.56 Å². The summed E-state index contributed by atoms with van der Waals surface area (Å²) in [4.78, 5) is 10.7. The van der Waals surface area contributed by atoms with Crippen LogP contribution in [0.2, 0.25) is 0 Å². The number of rotatable bonds is 2. The van der Waals surface area contributed by atoms with Gasteiger partial charge in [-0.1, -0.05) is 20.8 Å². The molecule has 1 aromatic carbocycles. The van der Waals surface area contributed by atoms with Crippen molar-refractivity contribution >= 4 is 6.29 Å². The highest BCUT2D eigenvalue weighted by atomic mass is 16.5. The standard InChI is InChI=1S/C12H16O3/c1-12(2,3)9-5-8(7-13)10(14)6-11(9)15-4/h5-7,14H,1-4H3. The minimum absolute atomic E-state index is 0.0464. The maximum Gasteiger partial charge on any atom is 0.153 e. The summed E-state index contributed by atoms with van der Waals surface area (Å²) in [6.45, 7) is 6.07.